The zero-order valence-electron chi connectivity index (χ0n) is 17.8. The summed E-state index contributed by atoms with van der Waals surface area (Å²) < 4.78 is 17.9. The van der Waals surface area contributed by atoms with Crippen LogP contribution in [-0.4, -0.2) is 25.1 Å². The fourth-order valence-electron chi connectivity index (χ4n) is 4.01. The number of ether oxygens (including phenoxy) is 3. The molecule has 0 spiro atoms. The number of hydrogen-bond acceptors (Lipinski definition) is 4. The molecule has 0 aromatic heterocycles. The molecule has 1 aliphatic rings. The third-order valence-corrected chi connectivity index (χ3v) is 5.68. The number of benzene rings is 3. The van der Waals surface area contributed by atoms with E-state index in [0.717, 1.165) is 28.9 Å². The van der Waals surface area contributed by atoms with Crippen LogP contribution in [0.4, 0.5) is 0 Å². The van der Waals surface area contributed by atoms with E-state index in [2.05, 4.69) is 12.1 Å². The molecule has 3 aromatic rings. The Labute approximate surface area is 183 Å². The third kappa shape index (κ3) is 5.81. The minimum atomic E-state index is -0.174. The molecule has 160 valence electrons. The zero-order chi connectivity index (χ0) is 21.5. The smallest absolute Gasteiger partial charge is 0.165 e. The van der Waals surface area contributed by atoms with Crippen LogP contribution in [0.3, 0.4) is 0 Å². The highest BCUT2D eigenvalue weighted by molar-refractivity contribution is 5.96. The average molecular weight is 417 g/mol. The fourth-order valence-corrected chi connectivity index (χ4v) is 4.01. The standard InChI is InChI=1S/C27H28O4/c1-29-23-14-12-20(13-15-23)19-30-24-16-25(17-26(28)21-8-4-2-5-9-21)31-27(18-24)22-10-6-3-7-11-22/h2-15,24-25,27H,16-19H2,1H3/t24-,25-,27-/m0/s1. The molecule has 1 aliphatic heterocycles. The first-order chi connectivity index (χ1) is 15.2. The van der Waals surface area contributed by atoms with Gasteiger partial charge in [0, 0.05) is 24.8 Å². The van der Waals surface area contributed by atoms with E-state index in [4.69, 9.17) is 14.2 Å². The van der Waals surface area contributed by atoms with Crippen LogP contribution in [0.1, 0.15) is 46.9 Å². The molecule has 0 bridgehead atoms. The molecule has 3 aromatic carbocycles. The maximum Gasteiger partial charge on any atom is 0.165 e. The second-order valence-corrected chi connectivity index (χ2v) is 7.90. The molecule has 0 unspecified atom stereocenters. The summed E-state index contributed by atoms with van der Waals surface area (Å²) in [5, 5.41) is 0. The molecular weight excluding hydrogens is 388 g/mol. The van der Waals surface area contributed by atoms with Crippen LogP contribution < -0.4 is 4.74 Å². The van der Waals surface area contributed by atoms with E-state index >= 15 is 0 Å². The Hall–Kier alpha value is -2.95. The molecule has 0 radical (unpaired) electrons. The molecule has 1 heterocycles. The summed E-state index contributed by atoms with van der Waals surface area (Å²) >= 11 is 0. The van der Waals surface area contributed by atoms with Crippen molar-refractivity contribution in [2.24, 2.45) is 0 Å². The Bertz CT molecular complexity index is 954. The van der Waals surface area contributed by atoms with E-state index < -0.39 is 0 Å². The molecule has 3 atom stereocenters. The van der Waals surface area contributed by atoms with Gasteiger partial charge in [-0.3, -0.25) is 4.79 Å². The molecule has 1 saturated heterocycles. The van der Waals surface area contributed by atoms with Gasteiger partial charge in [0.25, 0.3) is 0 Å². The van der Waals surface area contributed by atoms with Crippen molar-refractivity contribution in [1.29, 1.82) is 0 Å². The van der Waals surface area contributed by atoms with E-state index in [0.29, 0.717) is 19.4 Å². The SMILES string of the molecule is COc1ccc(CO[C@H]2C[C@@H](CC(=O)c3ccccc3)O[C@H](c3ccccc3)C2)cc1. The van der Waals surface area contributed by atoms with Gasteiger partial charge in [-0.05, 0) is 23.3 Å². The Morgan fingerprint density at radius 3 is 2.26 bits per heavy atom. The summed E-state index contributed by atoms with van der Waals surface area (Å²) in [6, 6.07) is 27.5. The molecular formula is C27H28O4. The third-order valence-electron chi connectivity index (χ3n) is 5.68. The monoisotopic (exact) mass is 416 g/mol. The highest BCUT2D eigenvalue weighted by Gasteiger charge is 2.32. The maximum atomic E-state index is 12.8. The topological polar surface area (TPSA) is 44.8 Å². The van der Waals surface area contributed by atoms with Crippen molar-refractivity contribution in [1.82, 2.24) is 0 Å². The van der Waals surface area contributed by atoms with Gasteiger partial charge < -0.3 is 14.2 Å². The van der Waals surface area contributed by atoms with Gasteiger partial charge in [-0.2, -0.15) is 0 Å². The normalized spacial score (nSPS) is 20.9. The van der Waals surface area contributed by atoms with Crippen LogP contribution in [-0.2, 0) is 16.1 Å². The van der Waals surface area contributed by atoms with Gasteiger partial charge in [0.15, 0.2) is 5.78 Å². The predicted molar refractivity (Wildman–Crippen MR) is 120 cm³/mol. The van der Waals surface area contributed by atoms with Crippen molar-refractivity contribution in [2.45, 2.75) is 44.2 Å². The van der Waals surface area contributed by atoms with Crippen LogP contribution in [0.2, 0.25) is 0 Å². The molecule has 4 nitrogen and oxygen atoms in total. The summed E-state index contributed by atoms with van der Waals surface area (Å²) in [6.07, 6.45) is 1.61. The van der Waals surface area contributed by atoms with Gasteiger partial charge in [0.2, 0.25) is 0 Å². The van der Waals surface area contributed by atoms with E-state index in [1.807, 2.05) is 72.8 Å². The summed E-state index contributed by atoms with van der Waals surface area (Å²) in [5.74, 6) is 0.937. The largest absolute Gasteiger partial charge is 0.497 e. The van der Waals surface area contributed by atoms with Gasteiger partial charge >= 0.3 is 0 Å². The van der Waals surface area contributed by atoms with Gasteiger partial charge in [-0.25, -0.2) is 0 Å². The minimum absolute atomic E-state index is 0.0228. The number of methoxy groups -OCH3 is 1. The fraction of sp³-hybridized carbons (Fsp3) is 0.296. The number of Topliss-reactive ketones (excluding diaryl/α,β-unsaturated/α-hetero) is 1. The Morgan fingerprint density at radius 1 is 0.903 bits per heavy atom. The van der Waals surface area contributed by atoms with Crippen LogP contribution in [0.15, 0.2) is 84.9 Å². The second-order valence-electron chi connectivity index (χ2n) is 7.90. The highest BCUT2D eigenvalue weighted by atomic mass is 16.5. The van der Waals surface area contributed by atoms with Crippen LogP contribution in [0, 0.1) is 0 Å². The first kappa shape index (κ1) is 21.3. The molecule has 0 aliphatic carbocycles. The number of carbonyl (C=O) groups excluding carboxylic acids is 1. The van der Waals surface area contributed by atoms with Crippen molar-refractivity contribution >= 4 is 5.78 Å². The number of ketones is 1. The minimum Gasteiger partial charge on any atom is -0.497 e. The Kier molecular flexibility index (Phi) is 7.13. The second kappa shape index (κ2) is 10.4. The van der Waals surface area contributed by atoms with Crippen molar-refractivity contribution < 1.29 is 19.0 Å². The predicted octanol–water partition coefficient (Wildman–Crippen LogP) is 5.77. The summed E-state index contributed by atoms with van der Waals surface area (Å²) in [4.78, 5) is 12.8. The lowest BCUT2D eigenvalue weighted by Gasteiger charge is -2.35. The van der Waals surface area contributed by atoms with Crippen molar-refractivity contribution in [3.8, 4) is 5.75 Å². The van der Waals surface area contributed by atoms with Gasteiger partial charge in [-0.15, -0.1) is 0 Å². The van der Waals surface area contributed by atoms with E-state index in [1.54, 1.807) is 7.11 Å². The van der Waals surface area contributed by atoms with Crippen LogP contribution in [0.25, 0.3) is 0 Å². The van der Waals surface area contributed by atoms with Crippen molar-refractivity contribution in [2.75, 3.05) is 7.11 Å². The first-order valence-electron chi connectivity index (χ1n) is 10.7. The Balaban J connectivity index is 1.44. The average Bonchev–Trinajstić information content (AvgIpc) is 2.84. The van der Waals surface area contributed by atoms with Crippen LogP contribution in [0.5, 0.6) is 5.75 Å². The molecule has 4 heteroatoms. The lowest BCUT2D eigenvalue weighted by Crippen LogP contribution is -2.34. The lowest BCUT2D eigenvalue weighted by molar-refractivity contribution is -0.119. The van der Waals surface area contributed by atoms with Crippen molar-refractivity contribution in [3.63, 3.8) is 0 Å². The van der Waals surface area contributed by atoms with E-state index in [1.165, 1.54) is 0 Å². The summed E-state index contributed by atoms with van der Waals surface area (Å²) in [6.45, 7) is 0.523. The number of hydrogen-bond donors (Lipinski definition) is 0. The molecule has 0 N–H and O–H groups in total. The molecule has 1 fully saturated rings. The van der Waals surface area contributed by atoms with E-state index in [-0.39, 0.29) is 24.1 Å². The molecule has 0 amide bonds. The van der Waals surface area contributed by atoms with E-state index in [9.17, 15) is 4.79 Å². The summed E-state index contributed by atoms with van der Waals surface area (Å²) in [7, 11) is 1.66. The van der Waals surface area contributed by atoms with Crippen LogP contribution >= 0.6 is 0 Å². The quantitative estimate of drug-likeness (QED) is 0.437. The highest BCUT2D eigenvalue weighted by Crippen LogP contribution is 2.35. The molecule has 0 saturated carbocycles. The number of carbonyl (C=O) groups is 1. The van der Waals surface area contributed by atoms with Gasteiger partial charge in [0.05, 0.1) is 32.0 Å². The maximum absolute atomic E-state index is 12.8. The first-order valence-corrected chi connectivity index (χ1v) is 10.7. The van der Waals surface area contributed by atoms with Crippen molar-refractivity contribution in [3.05, 3.63) is 102 Å². The zero-order valence-corrected chi connectivity index (χ0v) is 17.8. The molecule has 31 heavy (non-hydrogen) atoms. The van der Waals surface area contributed by atoms with Gasteiger partial charge in [-0.1, -0.05) is 72.8 Å². The number of rotatable bonds is 8. The lowest BCUT2D eigenvalue weighted by atomic mass is 9.93. The van der Waals surface area contributed by atoms with Gasteiger partial charge in [0.1, 0.15) is 5.75 Å². The molecule has 4 rings (SSSR count). The summed E-state index contributed by atoms with van der Waals surface area (Å²) in [5.41, 5.74) is 2.95. The Morgan fingerprint density at radius 2 is 1.58 bits per heavy atom.